The van der Waals surface area contributed by atoms with Crippen molar-refractivity contribution in [3.8, 4) is 5.75 Å². The van der Waals surface area contributed by atoms with Crippen LogP contribution in [0.25, 0.3) is 0 Å². The second kappa shape index (κ2) is 4.44. The lowest BCUT2D eigenvalue weighted by molar-refractivity contribution is 0.101. The molecule has 2 N–H and O–H groups in total. The topological polar surface area (TPSA) is 38.5 Å². The van der Waals surface area contributed by atoms with Gasteiger partial charge in [-0.05, 0) is 25.0 Å². The lowest BCUT2D eigenvalue weighted by atomic mass is 10.1. The minimum atomic E-state index is 0.331. The second-order valence-corrected chi connectivity index (χ2v) is 3.67. The monoisotopic (exact) mass is 192 g/mol. The molecule has 3 heteroatoms. The van der Waals surface area contributed by atoms with Gasteiger partial charge in [-0.1, -0.05) is 18.2 Å². The van der Waals surface area contributed by atoms with Crippen molar-refractivity contribution < 1.29 is 4.74 Å². The zero-order valence-electron chi connectivity index (χ0n) is 8.23. The molecule has 0 bridgehead atoms. The number of hydrogen-bond donors (Lipinski definition) is 1. The number of nitrogens with zero attached hydrogens (tertiary/aromatic N) is 1. The van der Waals surface area contributed by atoms with Crippen molar-refractivity contribution in [2.24, 2.45) is 5.84 Å². The predicted octanol–water partition coefficient (Wildman–Crippen LogP) is 1.40. The van der Waals surface area contributed by atoms with E-state index in [9.17, 15) is 0 Å². The van der Waals surface area contributed by atoms with E-state index in [1.54, 1.807) is 0 Å². The molecule has 0 aromatic heterocycles. The van der Waals surface area contributed by atoms with E-state index in [0.717, 1.165) is 31.7 Å². The predicted molar refractivity (Wildman–Crippen MR) is 55.9 cm³/mol. The Labute approximate surface area is 84.4 Å². The molecule has 1 aliphatic heterocycles. The second-order valence-electron chi connectivity index (χ2n) is 3.67. The van der Waals surface area contributed by atoms with Gasteiger partial charge in [-0.2, -0.15) is 0 Å². The van der Waals surface area contributed by atoms with Gasteiger partial charge in [-0.15, -0.1) is 0 Å². The third-order valence-corrected chi connectivity index (χ3v) is 2.52. The Kier molecular flexibility index (Phi) is 3.01. The molecule has 0 spiro atoms. The van der Waals surface area contributed by atoms with E-state index in [1.165, 1.54) is 0 Å². The molecule has 1 aromatic carbocycles. The van der Waals surface area contributed by atoms with E-state index in [0.29, 0.717) is 6.10 Å². The van der Waals surface area contributed by atoms with Crippen molar-refractivity contribution >= 4 is 0 Å². The van der Waals surface area contributed by atoms with Crippen molar-refractivity contribution in [1.82, 2.24) is 5.01 Å². The summed E-state index contributed by atoms with van der Waals surface area (Å²) in [7, 11) is 0. The number of hydrogen-bond acceptors (Lipinski definition) is 3. The van der Waals surface area contributed by atoms with E-state index in [2.05, 4.69) is 0 Å². The van der Waals surface area contributed by atoms with Crippen molar-refractivity contribution in [3.63, 3.8) is 0 Å². The Balaban J connectivity index is 1.87. The molecule has 3 nitrogen and oxygen atoms in total. The van der Waals surface area contributed by atoms with Crippen molar-refractivity contribution in [2.45, 2.75) is 18.9 Å². The first-order valence-corrected chi connectivity index (χ1v) is 5.06. The van der Waals surface area contributed by atoms with Crippen LogP contribution < -0.4 is 10.6 Å². The molecule has 2 rings (SSSR count). The maximum atomic E-state index is 5.82. The molecule has 1 heterocycles. The van der Waals surface area contributed by atoms with Gasteiger partial charge in [0.1, 0.15) is 11.9 Å². The van der Waals surface area contributed by atoms with Crippen LogP contribution in [-0.2, 0) is 0 Å². The molecule has 0 unspecified atom stereocenters. The molecule has 0 atom stereocenters. The minimum absolute atomic E-state index is 0.331. The Morgan fingerprint density at radius 1 is 1.14 bits per heavy atom. The number of benzene rings is 1. The van der Waals surface area contributed by atoms with Crippen LogP contribution in [0.15, 0.2) is 30.3 Å². The van der Waals surface area contributed by atoms with Crippen LogP contribution in [0.2, 0.25) is 0 Å². The fourth-order valence-electron chi connectivity index (χ4n) is 1.69. The van der Waals surface area contributed by atoms with Gasteiger partial charge in [0.15, 0.2) is 0 Å². The zero-order chi connectivity index (χ0) is 9.80. The smallest absolute Gasteiger partial charge is 0.119 e. The first kappa shape index (κ1) is 9.49. The Hall–Kier alpha value is -1.06. The highest BCUT2D eigenvalue weighted by atomic mass is 16.5. The van der Waals surface area contributed by atoms with Crippen LogP contribution in [0.3, 0.4) is 0 Å². The van der Waals surface area contributed by atoms with Gasteiger partial charge < -0.3 is 4.74 Å². The highest BCUT2D eigenvalue weighted by Gasteiger charge is 2.17. The molecular formula is C11H16N2O. The summed E-state index contributed by atoms with van der Waals surface area (Å²) in [6.45, 7) is 1.86. The summed E-state index contributed by atoms with van der Waals surface area (Å²) >= 11 is 0. The molecule has 0 aliphatic carbocycles. The van der Waals surface area contributed by atoms with Gasteiger partial charge in [-0.25, -0.2) is 5.01 Å². The first-order valence-electron chi connectivity index (χ1n) is 5.06. The third-order valence-electron chi connectivity index (χ3n) is 2.52. The fourth-order valence-corrected chi connectivity index (χ4v) is 1.69. The molecular weight excluding hydrogens is 176 g/mol. The maximum Gasteiger partial charge on any atom is 0.119 e. The standard InChI is InChI=1S/C11H16N2O/c12-13-8-6-11(7-9-13)14-10-4-2-1-3-5-10/h1-5,11H,6-9,12H2. The number of nitrogens with two attached hydrogens (primary N) is 1. The summed E-state index contributed by atoms with van der Waals surface area (Å²) < 4.78 is 5.82. The highest BCUT2D eigenvalue weighted by molar-refractivity contribution is 5.21. The molecule has 0 amide bonds. The first-order chi connectivity index (χ1) is 6.84. The molecule has 76 valence electrons. The van der Waals surface area contributed by atoms with Gasteiger partial charge >= 0.3 is 0 Å². The molecule has 0 radical (unpaired) electrons. The lowest BCUT2D eigenvalue weighted by Gasteiger charge is -2.28. The van der Waals surface area contributed by atoms with E-state index in [1.807, 2.05) is 35.3 Å². The quantitative estimate of drug-likeness (QED) is 0.720. The van der Waals surface area contributed by atoms with Crippen LogP contribution >= 0.6 is 0 Å². The molecule has 1 saturated heterocycles. The molecule has 1 aliphatic rings. The number of hydrazine groups is 1. The lowest BCUT2D eigenvalue weighted by Crippen LogP contribution is -2.42. The van der Waals surface area contributed by atoms with Crippen molar-refractivity contribution in [1.29, 1.82) is 0 Å². The summed E-state index contributed by atoms with van der Waals surface area (Å²) in [6, 6.07) is 9.97. The SMILES string of the molecule is NN1CCC(Oc2ccccc2)CC1. The van der Waals surface area contributed by atoms with Crippen LogP contribution in [0.4, 0.5) is 0 Å². The van der Waals surface area contributed by atoms with Gasteiger partial charge in [0, 0.05) is 13.1 Å². The Morgan fingerprint density at radius 2 is 1.79 bits per heavy atom. The summed E-state index contributed by atoms with van der Waals surface area (Å²) in [6.07, 6.45) is 2.37. The number of para-hydroxylation sites is 1. The van der Waals surface area contributed by atoms with Gasteiger partial charge in [0.05, 0.1) is 0 Å². The molecule has 1 aromatic rings. The van der Waals surface area contributed by atoms with Gasteiger partial charge in [-0.3, -0.25) is 5.84 Å². The number of piperidine rings is 1. The van der Waals surface area contributed by atoms with Crippen LogP contribution in [0, 0.1) is 0 Å². The third kappa shape index (κ3) is 2.47. The van der Waals surface area contributed by atoms with E-state index in [4.69, 9.17) is 10.6 Å². The molecule has 1 fully saturated rings. The average molecular weight is 192 g/mol. The minimum Gasteiger partial charge on any atom is -0.490 e. The van der Waals surface area contributed by atoms with Crippen LogP contribution in [0.1, 0.15) is 12.8 Å². The highest BCUT2D eigenvalue weighted by Crippen LogP contribution is 2.16. The summed E-state index contributed by atoms with van der Waals surface area (Å²) in [5, 5.41) is 1.85. The average Bonchev–Trinajstić information content (AvgIpc) is 2.23. The molecule has 0 saturated carbocycles. The maximum absolute atomic E-state index is 5.82. The van der Waals surface area contributed by atoms with E-state index in [-0.39, 0.29) is 0 Å². The van der Waals surface area contributed by atoms with E-state index < -0.39 is 0 Å². The zero-order valence-corrected chi connectivity index (χ0v) is 8.23. The Morgan fingerprint density at radius 3 is 2.43 bits per heavy atom. The summed E-state index contributed by atoms with van der Waals surface area (Å²) in [5.74, 6) is 6.63. The van der Waals surface area contributed by atoms with Crippen molar-refractivity contribution in [3.05, 3.63) is 30.3 Å². The van der Waals surface area contributed by atoms with Gasteiger partial charge in [0.2, 0.25) is 0 Å². The number of rotatable bonds is 2. The normalized spacial score (nSPS) is 19.5. The molecule has 14 heavy (non-hydrogen) atoms. The van der Waals surface area contributed by atoms with Crippen LogP contribution in [0.5, 0.6) is 5.75 Å². The van der Waals surface area contributed by atoms with E-state index >= 15 is 0 Å². The van der Waals surface area contributed by atoms with Crippen LogP contribution in [-0.4, -0.2) is 24.2 Å². The summed E-state index contributed by atoms with van der Waals surface area (Å²) in [5.41, 5.74) is 0. The number of ether oxygens (including phenoxy) is 1. The summed E-state index contributed by atoms with van der Waals surface area (Å²) in [4.78, 5) is 0. The van der Waals surface area contributed by atoms with Crippen molar-refractivity contribution in [2.75, 3.05) is 13.1 Å². The Bertz CT molecular complexity index is 268. The van der Waals surface area contributed by atoms with Gasteiger partial charge in [0.25, 0.3) is 0 Å². The fraction of sp³-hybridized carbons (Fsp3) is 0.455. The largest absolute Gasteiger partial charge is 0.490 e.